The van der Waals surface area contributed by atoms with E-state index < -0.39 is 0 Å². The smallest absolute Gasteiger partial charge is 0.243 e. The first kappa shape index (κ1) is 17.7. The molecule has 4 nitrogen and oxygen atoms in total. The van der Waals surface area contributed by atoms with E-state index >= 15 is 0 Å². The molecule has 2 aromatic carbocycles. The molecule has 0 unspecified atom stereocenters. The monoisotopic (exact) mass is 324 g/mol. The maximum atomic E-state index is 12.2. The van der Waals surface area contributed by atoms with Gasteiger partial charge in [-0.1, -0.05) is 48.5 Å². The van der Waals surface area contributed by atoms with E-state index in [2.05, 4.69) is 5.32 Å². The molecule has 0 aliphatic heterocycles. The molecule has 0 saturated carbocycles. The highest BCUT2D eigenvalue weighted by Gasteiger charge is 2.14. The maximum absolute atomic E-state index is 12.2. The van der Waals surface area contributed by atoms with Crippen molar-refractivity contribution in [3.63, 3.8) is 0 Å². The normalized spacial score (nSPS) is 10.3. The number of amides is 2. The molecule has 0 fully saturated rings. The second kappa shape index (κ2) is 8.29. The van der Waals surface area contributed by atoms with E-state index in [1.807, 2.05) is 62.4 Å². The Morgan fingerprint density at radius 2 is 1.58 bits per heavy atom. The van der Waals surface area contributed by atoms with Crippen molar-refractivity contribution < 1.29 is 9.59 Å². The summed E-state index contributed by atoms with van der Waals surface area (Å²) in [5.41, 5.74) is 3.98. The van der Waals surface area contributed by atoms with Gasteiger partial charge in [0.2, 0.25) is 11.8 Å². The second-order valence-electron chi connectivity index (χ2n) is 6.05. The molecule has 0 aliphatic rings. The van der Waals surface area contributed by atoms with Crippen molar-refractivity contribution in [2.75, 3.05) is 18.9 Å². The third-order valence-electron chi connectivity index (χ3n) is 4.02. The van der Waals surface area contributed by atoms with Crippen molar-refractivity contribution in [3.05, 3.63) is 65.2 Å². The van der Waals surface area contributed by atoms with Crippen LogP contribution in [0.4, 0.5) is 5.69 Å². The molecular formula is C20H24N2O2. The number of rotatable bonds is 6. The molecule has 0 saturated heterocycles. The van der Waals surface area contributed by atoms with Crippen molar-refractivity contribution in [2.24, 2.45) is 0 Å². The van der Waals surface area contributed by atoms with Crippen LogP contribution < -0.4 is 5.32 Å². The molecule has 4 heteroatoms. The molecule has 24 heavy (non-hydrogen) atoms. The van der Waals surface area contributed by atoms with E-state index in [0.29, 0.717) is 12.8 Å². The molecule has 0 radical (unpaired) electrons. The lowest BCUT2D eigenvalue weighted by Gasteiger charge is -2.18. The lowest BCUT2D eigenvalue weighted by atomic mass is 10.1. The Balaban J connectivity index is 1.85. The highest BCUT2D eigenvalue weighted by Crippen LogP contribution is 2.19. The maximum Gasteiger partial charge on any atom is 0.243 e. The van der Waals surface area contributed by atoms with E-state index in [4.69, 9.17) is 0 Å². The SMILES string of the molecule is Cc1cccc(C)c1NC(=O)CN(C)C(=O)CCc1ccccc1. The first-order valence-electron chi connectivity index (χ1n) is 8.11. The Morgan fingerprint density at radius 3 is 2.21 bits per heavy atom. The number of aryl methyl sites for hydroxylation is 3. The third-order valence-corrected chi connectivity index (χ3v) is 4.02. The van der Waals surface area contributed by atoms with Gasteiger partial charge in [-0.15, -0.1) is 0 Å². The number of para-hydroxylation sites is 1. The summed E-state index contributed by atoms with van der Waals surface area (Å²) >= 11 is 0. The number of benzene rings is 2. The van der Waals surface area contributed by atoms with Crippen molar-refractivity contribution >= 4 is 17.5 Å². The summed E-state index contributed by atoms with van der Waals surface area (Å²) in [6, 6.07) is 15.7. The summed E-state index contributed by atoms with van der Waals surface area (Å²) in [4.78, 5) is 25.9. The first-order chi connectivity index (χ1) is 11.5. The van der Waals surface area contributed by atoms with Crippen LogP contribution in [0.1, 0.15) is 23.1 Å². The molecule has 0 aliphatic carbocycles. The van der Waals surface area contributed by atoms with Gasteiger partial charge in [-0.2, -0.15) is 0 Å². The molecule has 1 N–H and O–H groups in total. The summed E-state index contributed by atoms with van der Waals surface area (Å²) in [6.07, 6.45) is 1.08. The van der Waals surface area contributed by atoms with Crippen molar-refractivity contribution in [1.29, 1.82) is 0 Å². The molecule has 0 bridgehead atoms. The fraction of sp³-hybridized carbons (Fsp3) is 0.300. The molecule has 0 atom stereocenters. The van der Waals surface area contributed by atoms with Gasteiger partial charge in [0.1, 0.15) is 0 Å². The Labute approximate surface area is 143 Å². The number of nitrogens with zero attached hydrogens (tertiary/aromatic N) is 1. The average molecular weight is 324 g/mol. The Morgan fingerprint density at radius 1 is 0.958 bits per heavy atom. The lowest BCUT2D eigenvalue weighted by molar-refractivity contribution is -0.133. The standard InChI is InChI=1S/C20H24N2O2/c1-15-8-7-9-16(2)20(15)21-18(23)14-22(3)19(24)13-12-17-10-5-4-6-11-17/h4-11H,12-14H2,1-3H3,(H,21,23). The number of hydrogen-bond acceptors (Lipinski definition) is 2. The molecule has 0 spiro atoms. The predicted octanol–water partition coefficient (Wildman–Crippen LogP) is 3.33. The van der Waals surface area contributed by atoms with Crippen molar-refractivity contribution in [1.82, 2.24) is 4.90 Å². The number of anilines is 1. The van der Waals surface area contributed by atoms with E-state index in [-0.39, 0.29) is 18.4 Å². The van der Waals surface area contributed by atoms with Gasteiger partial charge >= 0.3 is 0 Å². The molecular weight excluding hydrogens is 300 g/mol. The average Bonchev–Trinajstić information content (AvgIpc) is 2.57. The lowest BCUT2D eigenvalue weighted by Crippen LogP contribution is -2.35. The van der Waals surface area contributed by atoms with E-state index in [0.717, 1.165) is 22.4 Å². The van der Waals surface area contributed by atoms with Crippen LogP contribution in [0.15, 0.2) is 48.5 Å². The zero-order chi connectivity index (χ0) is 17.5. The quantitative estimate of drug-likeness (QED) is 0.886. The minimum atomic E-state index is -0.178. The van der Waals surface area contributed by atoms with Crippen LogP contribution in [-0.4, -0.2) is 30.3 Å². The summed E-state index contributed by atoms with van der Waals surface area (Å²) in [6.45, 7) is 3.97. The van der Waals surface area contributed by atoms with Crippen LogP contribution >= 0.6 is 0 Å². The topological polar surface area (TPSA) is 49.4 Å². The van der Waals surface area contributed by atoms with Gasteiger partial charge in [-0.3, -0.25) is 9.59 Å². The fourth-order valence-electron chi connectivity index (χ4n) is 2.58. The summed E-state index contributed by atoms with van der Waals surface area (Å²) in [7, 11) is 1.66. The number of nitrogens with one attached hydrogen (secondary N) is 1. The second-order valence-corrected chi connectivity index (χ2v) is 6.05. The molecule has 2 rings (SSSR count). The van der Waals surface area contributed by atoms with Crippen LogP contribution in [0.3, 0.4) is 0 Å². The van der Waals surface area contributed by atoms with E-state index in [9.17, 15) is 9.59 Å². The van der Waals surface area contributed by atoms with Crippen molar-refractivity contribution in [2.45, 2.75) is 26.7 Å². The van der Waals surface area contributed by atoms with Gasteiger partial charge in [0.15, 0.2) is 0 Å². The highest BCUT2D eigenvalue weighted by molar-refractivity contribution is 5.95. The molecule has 126 valence electrons. The van der Waals surface area contributed by atoms with E-state index in [1.54, 1.807) is 7.05 Å². The first-order valence-corrected chi connectivity index (χ1v) is 8.11. The number of carbonyl (C=O) groups excluding carboxylic acids is 2. The van der Waals surface area contributed by atoms with Crippen LogP contribution in [0, 0.1) is 13.8 Å². The third kappa shape index (κ3) is 4.95. The summed E-state index contributed by atoms with van der Waals surface area (Å²) in [5.74, 6) is -0.210. The minimum absolute atomic E-state index is 0.0319. The van der Waals surface area contributed by atoms with Gasteiger partial charge in [-0.25, -0.2) is 0 Å². The van der Waals surface area contributed by atoms with Crippen LogP contribution in [0.2, 0.25) is 0 Å². The fourth-order valence-corrected chi connectivity index (χ4v) is 2.58. The Hall–Kier alpha value is -2.62. The van der Waals surface area contributed by atoms with Crippen LogP contribution in [0.5, 0.6) is 0 Å². The largest absolute Gasteiger partial charge is 0.336 e. The number of likely N-dealkylation sites (N-methyl/N-ethyl adjacent to an activating group) is 1. The molecule has 0 heterocycles. The number of hydrogen-bond donors (Lipinski definition) is 1. The summed E-state index contributed by atoms with van der Waals surface area (Å²) < 4.78 is 0. The molecule has 0 aromatic heterocycles. The number of carbonyl (C=O) groups is 2. The highest BCUT2D eigenvalue weighted by atomic mass is 16.2. The van der Waals surface area contributed by atoms with Gasteiger partial charge in [0.25, 0.3) is 0 Å². The zero-order valence-corrected chi connectivity index (χ0v) is 14.5. The van der Waals surface area contributed by atoms with Gasteiger partial charge in [0, 0.05) is 19.2 Å². The Bertz CT molecular complexity index is 691. The predicted molar refractivity (Wildman–Crippen MR) is 96.9 cm³/mol. The zero-order valence-electron chi connectivity index (χ0n) is 14.5. The van der Waals surface area contributed by atoms with Gasteiger partial charge < -0.3 is 10.2 Å². The van der Waals surface area contributed by atoms with Gasteiger partial charge in [0.05, 0.1) is 6.54 Å². The molecule has 2 amide bonds. The summed E-state index contributed by atoms with van der Waals surface area (Å²) in [5, 5.41) is 2.91. The van der Waals surface area contributed by atoms with E-state index in [1.165, 1.54) is 4.90 Å². The van der Waals surface area contributed by atoms with Crippen LogP contribution in [-0.2, 0) is 16.0 Å². The van der Waals surface area contributed by atoms with Crippen molar-refractivity contribution in [3.8, 4) is 0 Å². The molecule has 2 aromatic rings. The minimum Gasteiger partial charge on any atom is -0.336 e. The van der Waals surface area contributed by atoms with Gasteiger partial charge in [-0.05, 0) is 37.0 Å². The van der Waals surface area contributed by atoms with Crippen LogP contribution in [0.25, 0.3) is 0 Å². The Kier molecular flexibility index (Phi) is 6.13.